The fraction of sp³-hybridized carbons (Fsp3) is 0.385. The van der Waals surface area contributed by atoms with Crippen molar-refractivity contribution >= 4 is 7.37 Å². The number of aliphatic hydroxyl groups is 1. The van der Waals surface area contributed by atoms with Crippen molar-refractivity contribution in [2.45, 2.75) is 25.4 Å². The lowest BCUT2D eigenvalue weighted by molar-refractivity contribution is -0.232. The van der Waals surface area contributed by atoms with Crippen LogP contribution < -0.4 is 0 Å². The van der Waals surface area contributed by atoms with Gasteiger partial charge in [0.1, 0.15) is 0 Å². The molecule has 0 aromatic heterocycles. The van der Waals surface area contributed by atoms with Gasteiger partial charge in [-0.15, -0.1) is 0 Å². The van der Waals surface area contributed by atoms with E-state index in [0.717, 1.165) is 12.1 Å². The van der Waals surface area contributed by atoms with Crippen molar-refractivity contribution in [3.63, 3.8) is 0 Å². The summed E-state index contributed by atoms with van der Waals surface area (Å²) >= 11 is 0. The third-order valence-corrected chi connectivity index (χ3v) is 5.07. The standard InChI is InChI=1S/C13H14F3O3P/c1-3-10-20(18,19-4-2)12(17,13(14,15)16)11-8-6-5-7-9-11/h5-9,17H,4H2,1-2H3/t12-,20-/m1/s1. The molecule has 7 heteroatoms. The maximum atomic E-state index is 13.4. The van der Waals surface area contributed by atoms with E-state index in [2.05, 4.69) is 5.92 Å². The second kappa shape index (κ2) is 6.01. The zero-order chi connectivity index (χ0) is 15.4. The first kappa shape index (κ1) is 16.8. The molecule has 0 saturated heterocycles. The van der Waals surface area contributed by atoms with Crippen molar-refractivity contribution in [2.75, 3.05) is 6.61 Å². The molecule has 0 bridgehead atoms. The molecule has 0 aliphatic rings. The zero-order valence-corrected chi connectivity index (χ0v) is 11.8. The molecule has 3 nitrogen and oxygen atoms in total. The van der Waals surface area contributed by atoms with Crippen LogP contribution in [0.4, 0.5) is 13.2 Å². The summed E-state index contributed by atoms with van der Waals surface area (Å²) in [7, 11) is -4.72. The van der Waals surface area contributed by atoms with Crippen LogP contribution in [-0.4, -0.2) is 17.9 Å². The van der Waals surface area contributed by atoms with E-state index in [1.54, 1.807) is 0 Å². The number of hydrogen-bond donors (Lipinski definition) is 1. The number of benzene rings is 1. The van der Waals surface area contributed by atoms with Crippen LogP contribution in [0.2, 0.25) is 0 Å². The Bertz CT molecular complexity index is 560. The van der Waals surface area contributed by atoms with Crippen LogP contribution in [0.5, 0.6) is 0 Å². The molecule has 110 valence electrons. The molecule has 0 radical (unpaired) electrons. The van der Waals surface area contributed by atoms with E-state index in [4.69, 9.17) is 4.52 Å². The van der Waals surface area contributed by atoms with Gasteiger partial charge < -0.3 is 9.63 Å². The summed E-state index contributed by atoms with van der Waals surface area (Å²) in [6.07, 6.45) is -5.19. The summed E-state index contributed by atoms with van der Waals surface area (Å²) < 4.78 is 57.3. The molecule has 0 spiro atoms. The van der Waals surface area contributed by atoms with Gasteiger partial charge in [0.15, 0.2) is 0 Å². The molecule has 1 N–H and O–H groups in total. The highest BCUT2D eigenvalue weighted by molar-refractivity contribution is 7.65. The largest absolute Gasteiger partial charge is 0.431 e. The molecular weight excluding hydrogens is 292 g/mol. The van der Waals surface area contributed by atoms with Crippen LogP contribution in [0.15, 0.2) is 30.3 Å². The number of alkyl halides is 3. The average molecular weight is 306 g/mol. The van der Waals surface area contributed by atoms with Crippen LogP contribution in [0.25, 0.3) is 0 Å². The smallest absolute Gasteiger partial charge is 0.367 e. The molecule has 2 atom stereocenters. The Morgan fingerprint density at radius 2 is 1.85 bits per heavy atom. The van der Waals surface area contributed by atoms with Gasteiger partial charge in [0.2, 0.25) is 0 Å². The van der Waals surface area contributed by atoms with Crippen LogP contribution in [0.3, 0.4) is 0 Å². The first-order valence-electron chi connectivity index (χ1n) is 5.76. The summed E-state index contributed by atoms with van der Waals surface area (Å²) in [5.41, 5.74) is 1.36. The van der Waals surface area contributed by atoms with E-state index >= 15 is 0 Å². The van der Waals surface area contributed by atoms with Crippen molar-refractivity contribution < 1.29 is 27.4 Å². The van der Waals surface area contributed by atoms with Gasteiger partial charge in [-0.3, -0.25) is 4.57 Å². The van der Waals surface area contributed by atoms with Gasteiger partial charge in [-0.05, 0) is 19.5 Å². The van der Waals surface area contributed by atoms with Crippen LogP contribution >= 0.6 is 7.37 Å². The van der Waals surface area contributed by atoms with Crippen molar-refractivity contribution in [1.82, 2.24) is 0 Å². The van der Waals surface area contributed by atoms with Crippen molar-refractivity contribution in [3.8, 4) is 11.6 Å². The van der Waals surface area contributed by atoms with Gasteiger partial charge in [0, 0.05) is 5.56 Å². The normalized spacial score (nSPS) is 17.5. The minimum absolute atomic E-state index is 0.267. The molecule has 1 rings (SSSR count). The molecule has 0 heterocycles. The Morgan fingerprint density at radius 3 is 2.25 bits per heavy atom. The molecule has 20 heavy (non-hydrogen) atoms. The highest BCUT2D eigenvalue weighted by atomic mass is 31.2. The van der Waals surface area contributed by atoms with Crippen molar-refractivity contribution in [2.24, 2.45) is 0 Å². The average Bonchev–Trinajstić information content (AvgIpc) is 2.38. The fourth-order valence-corrected chi connectivity index (χ4v) is 3.60. The first-order valence-corrected chi connectivity index (χ1v) is 7.38. The quantitative estimate of drug-likeness (QED) is 0.681. The molecule has 0 aliphatic heterocycles. The van der Waals surface area contributed by atoms with Crippen molar-refractivity contribution in [3.05, 3.63) is 35.9 Å². The maximum absolute atomic E-state index is 13.4. The summed E-state index contributed by atoms with van der Waals surface area (Å²) in [6.45, 7) is 2.34. The number of hydrogen-bond acceptors (Lipinski definition) is 3. The summed E-state index contributed by atoms with van der Waals surface area (Å²) in [5, 5.41) is 6.53. The van der Waals surface area contributed by atoms with E-state index in [1.807, 2.05) is 5.66 Å². The van der Waals surface area contributed by atoms with E-state index in [0.29, 0.717) is 0 Å². The van der Waals surface area contributed by atoms with Gasteiger partial charge in [-0.1, -0.05) is 36.3 Å². The molecule has 1 aromatic carbocycles. The summed E-state index contributed by atoms with van der Waals surface area (Å²) in [4.78, 5) is 0. The molecule has 0 aliphatic carbocycles. The molecular formula is C13H14F3O3P. The number of halogens is 3. The highest BCUT2D eigenvalue weighted by Crippen LogP contribution is 2.67. The van der Waals surface area contributed by atoms with Gasteiger partial charge >= 0.3 is 13.5 Å². The minimum atomic E-state index is -5.19. The van der Waals surface area contributed by atoms with E-state index in [1.165, 1.54) is 32.0 Å². The van der Waals surface area contributed by atoms with Gasteiger partial charge in [-0.25, -0.2) is 0 Å². The first-order chi connectivity index (χ1) is 9.23. The topological polar surface area (TPSA) is 46.5 Å². The second-order valence-corrected chi connectivity index (χ2v) is 6.10. The summed E-state index contributed by atoms with van der Waals surface area (Å²) in [6, 6.07) is 6.17. The second-order valence-electron chi connectivity index (χ2n) is 3.87. The highest BCUT2D eigenvalue weighted by Gasteiger charge is 2.67. The lowest BCUT2D eigenvalue weighted by atomic mass is 10.1. The molecule has 0 unspecified atom stereocenters. The Balaban J connectivity index is 3.61. The molecule has 0 fully saturated rings. The number of rotatable bonds is 4. The Hall–Kier alpha value is -1.28. The van der Waals surface area contributed by atoms with Gasteiger partial charge in [0.25, 0.3) is 5.34 Å². The molecule has 0 amide bonds. The monoisotopic (exact) mass is 306 g/mol. The third-order valence-electron chi connectivity index (χ3n) is 2.57. The lowest BCUT2D eigenvalue weighted by Crippen LogP contribution is -2.42. The maximum Gasteiger partial charge on any atom is 0.431 e. The molecule has 1 aromatic rings. The van der Waals surface area contributed by atoms with Crippen LogP contribution in [0, 0.1) is 11.6 Å². The SMILES string of the molecule is CC#C[P@@](=O)(OCC)[C@](O)(c1ccccc1)C(F)(F)F. The molecule has 0 saturated carbocycles. The van der Waals surface area contributed by atoms with E-state index < -0.39 is 24.5 Å². The van der Waals surface area contributed by atoms with Crippen molar-refractivity contribution in [1.29, 1.82) is 0 Å². The predicted molar refractivity (Wildman–Crippen MR) is 69.1 cm³/mol. The zero-order valence-electron chi connectivity index (χ0n) is 10.9. The Kier molecular flexibility index (Phi) is 5.04. The van der Waals surface area contributed by atoms with Crippen LogP contribution in [0.1, 0.15) is 19.4 Å². The predicted octanol–water partition coefficient (Wildman–Crippen LogP) is 3.69. The van der Waals surface area contributed by atoms with Crippen LogP contribution in [-0.2, 0) is 14.4 Å². The Morgan fingerprint density at radius 1 is 1.30 bits per heavy atom. The third kappa shape index (κ3) is 2.76. The summed E-state index contributed by atoms with van der Waals surface area (Å²) in [5.74, 6) is 2.14. The lowest BCUT2D eigenvalue weighted by Gasteiger charge is -2.34. The fourth-order valence-electron chi connectivity index (χ4n) is 1.71. The van der Waals surface area contributed by atoms with E-state index in [-0.39, 0.29) is 6.61 Å². The minimum Gasteiger partial charge on any atom is -0.367 e. The Labute approximate surface area is 115 Å². The van der Waals surface area contributed by atoms with E-state index in [9.17, 15) is 22.8 Å². The van der Waals surface area contributed by atoms with Gasteiger partial charge in [0.05, 0.1) is 6.61 Å². The van der Waals surface area contributed by atoms with Gasteiger partial charge in [-0.2, -0.15) is 13.2 Å².